The lowest BCUT2D eigenvalue weighted by atomic mass is 10.2. The molecule has 1 aromatic heterocycles. The van der Waals surface area contributed by atoms with Crippen LogP contribution in [0.1, 0.15) is 11.3 Å². The lowest BCUT2D eigenvalue weighted by molar-refractivity contribution is 0.412. The first-order valence-corrected chi connectivity index (χ1v) is 7.48. The van der Waals surface area contributed by atoms with Crippen LogP contribution in [0, 0.1) is 6.92 Å². The van der Waals surface area contributed by atoms with Crippen molar-refractivity contribution in [3.05, 3.63) is 41.7 Å². The maximum Gasteiger partial charge on any atom is 0.246 e. The fourth-order valence-electron chi connectivity index (χ4n) is 1.88. The van der Waals surface area contributed by atoms with Crippen molar-refractivity contribution in [3.63, 3.8) is 0 Å². The minimum atomic E-state index is -3.55. The molecule has 0 aliphatic carbocycles. The average molecular weight is 295 g/mol. The smallest absolute Gasteiger partial charge is 0.246 e. The topological polar surface area (TPSA) is 75.3 Å². The van der Waals surface area contributed by atoms with Crippen molar-refractivity contribution in [2.45, 2.75) is 18.4 Å². The Morgan fingerprint density at radius 2 is 2.15 bits per heavy atom. The number of aryl methyl sites for hydroxylation is 1. The zero-order valence-corrected chi connectivity index (χ0v) is 12.4. The van der Waals surface area contributed by atoms with Crippen molar-refractivity contribution in [2.75, 3.05) is 14.2 Å². The zero-order valence-electron chi connectivity index (χ0n) is 11.6. The quantitative estimate of drug-likeness (QED) is 0.908. The van der Waals surface area contributed by atoms with E-state index in [1.807, 2.05) is 24.3 Å². The van der Waals surface area contributed by atoms with Crippen LogP contribution >= 0.6 is 0 Å². The first-order chi connectivity index (χ1) is 9.45. The second-order valence-corrected chi connectivity index (χ2v) is 6.49. The molecule has 0 atom stereocenters. The number of benzene rings is 1. The van der Waals surface area contributed by atoms with E-state index in [1.54, 1.807) is 21.1 Å². The fourth-order valence-corrected chi connectivity index (χ4v) is 3.15. The molecule has 7 heteroatoms. The minimum absolute atomic E-state index is 0.197. The highest BCUT2D eigenvalue weighted by molar-refractivity contribution is 7.89. The molecule has 2 rings (SSSR count). The summed E-state index contributed by atoms with van der Waals surface area (Å²) in [5, 5.41) is 6.39. The summed E-state index contributed by atoms with van der Waals surface area (Å²) in [6.07, 6.45) is 1.33. The Labute approximate surface area is 118 Å². The summed E-state index contributed by atoms with van der Waals surface area (Å²) in [6.45, 7) is 1.95. The number of methoxy groups -OCH3 is 1. The molecule has 0 unspecified atom stereocenters. The summed E-state index contributed by atoms with van der Waals surface area (Å²) in [4.78, 5) is 0.197. The number of nitrogens with zero attached hydrogens (tertiary/aromatic N) is 2. The summed E-state index contributed by atoms with van der Waals surface area (Å²) >= 11 is 0. The summed E-state index contributed by atoms with van der Waals surface area (Å²) in [6, 6.07) is 7.32. The van der Waals surface area contributed by atoms with Gasteiger partial charge in [0.25, 0.3) is 0 Å². The van der Waals surface area contributed by atoms with Gasteiger partial charge in [-0.3, -0.25) is 5.10 Å². The standard InChI is InChI=1S/C13H17N3O3S/c1-10-13(8-14-15-10)20(17,18)16(2)9-11-5-4-6-12(7-11)19-3/h4-8H,9H2,1-3H3,(H,14,15). The van der Waals surface area contributed by atoms with Crippen LogP contribution < -0.4 is 4.74 Å². The van der Waals surface area contributed by atoms with Crippen LogP contribution in [0.25, 0.3) is 0 Å². The van der Waals surface area contributed by atoms with E-state index in [0.717, 1.165) is 5.56 Å². The third-order valence-electron chi connectivity index (χ3n) is 3.01. The molecular formula is C13H17N3O3S. The minimum Gasteiger partial charge on any atom is -0.497 e. The maximum atomic E-state index is 12.4. The lowest BCUT2D eigenvalue weighted by Crippen LogP contribution is -2.26. The molecule has 1 N–H and O–H groups in total. The molecule has 6 nitrogen and oxygen atoms in total. The number of aromatic amines is 1. The molecule has 1 heterocycles. The highest BCUT2D eigenvalue weighted by Crippen LogP contribution is 2.20. The van der Waals surface area contributed by atoms with Crippen LogP contribution in [0.4, 0.5) is 0 Å². The number of hydrogen-bond acceptors (Lipinski definition) is 4. The van der Waals surface area contributed by atoms with Crippen LogP contribution in [-0.4, -0.2) is 37.1 Å². The molecule has 20 heavy (non-hydrogen) atoms. The normalized spacial score (nSPS) is 11.8. The highest BCUT2D eigenvalue weighted by Gasteiger charge is 2.24. The zero-order chi connectivity index (χ0) is 14.8. The van der Waals surface area contributed by atoms with E-state index in [4.69, 9.17) is 4.74 Å². The van der Waals surface area contributed by atoms with Gasteiger partial charge in [0.05, 0.1) is 19.0 Å². The lowest BCUT2D eigenvalue weighted by Gasteiger charge is -2.17. The van der Waals surface area contributed by atoms with Gasteiger partial charge in [0, 0.05) is 13.6 Å². The van der Waals surface area contributed by atoms with Crippen molar-refractivity contribution < 1.29 is 13.2 Å². The summed E-state index contributed by atoms with van der Waals surface area (Å²) in [7, 11) is -0.425. The molecule has 0 aliphatic heterocycles. The molecule has 0 fully saturated rings. The van der Waals surface area contributed by atoms with Crippen LogP contribution in [0.3, 0.4) is 0 Å². The molecule has 0 aliphatic rings. The van der Waals surface area contributed by atoms with Gasteiger partial charge in [0.1, 0.15) is 10.6 Å². The Bertz CT molecular complexity index is 694. The number of aromatic nitrogens is 2. The van der Waals surface area contributed by atoms with E-state index >= 15 is 0 Å². The Hall–Kier alpha value is -1.86. The summed E-state index contributed by atoms with van der Waals surface area (Å²) in [5.41, 5.74) is 1.39. The fraction of sp³-hybridized carbons (Fsp3) is 0.308. The first kappa shape index (κ1) is 14.5. The largest absolute Gasteiger partial charge is 0.497 e. The van der Waals surface area contributed by atoms with Gasteiger partial charge in [-0.15, -0.1) is 0 Å². The van der Waals surface area contributed by atoms with Crippen molar-refractivity contribution in [3.8, 4) is 5.75 Å². The SMILES string of the molecule is COc1cccc(CN(C)S(=O)(=O)c2cn[nH]c2C)c1. The molecule has 108 valence electrons. The van der Waals surface area contributed by atoms with Gasteiger partial charge in [-0.25, -0.2) is 8.42 Å². The molecule has 1 aromatic carbocycles. The molecule has 0 bridgehead atoms. The summed E-state index contributed by atoms with van der Waals surface area (Å²) in [5.74, 6) is 0.702. The number of hydrogen-bond donors (Lipinski definition) is 1. The van der Waals surface area contributed by atoms with Crippen LogP contribution in [0.5, 0.6) is 5.75 Å². The molecule has 2 aromatic rings. The monoisotopic (exact) mass is 295 g/mol. The second kappa shape index (κ2) is 5.64. The molecule has 0 spiro atoms. The van der Waals surface area contributed by atoms with Gasteiger partial charge in [-0.05, 0) is 24.6 Å². The van der Waals surface area contributed by atoms with Crippen molar-refractivity contribution in [2.24, 2.45) is 0 Å². The Kier molecular flexibility index (Phi) is 4.10. The van der Waals surface area contributed by atoms with E-state index in [0.29, 0.717) is 11.4 Å². The van der Waals surface area contributed by atoms with Crippen molar-refractivity contribution in [1.29, 1.82) is 0 Å². The number of H-pyrrole nitrogens is 1. The van der Waals surface area contributed by atoms with E-state index in [9.17, 15) is 8.42 Å². The van der Waals surface area contributed by atoms with Crippen LogP contribution in [0.15, 0.2) is 35.4 Å². The summed E-state index contributed by atoms with van der Waals surface area (Å²) < 4.78 is 31.2. The van der Waals surface area contributed by atoms with Gasteiger partial charge in [0.2, 0.25) is 10.0 Å². The van der Waals surface area contributed by atoms with Crippen LogP contribution in [-0.2, 0) is 16.6 Å². The predicted molar refractivity (Wildman–Crippen MR) is 75.0 cm³/mol. The first-order valence-electron chi connectivity index (χ1n) is 6.04. The molecule has 0 saturated carbocycles. The molecule has 0 amide bonds. The third-order valence-corrected chi connectivity index (χ3v) is 4.93. The average Bonchev–Trinajstić information content (AvgIpc) is 2.86. The Morgan fingerprint density at radius 3 is 2.75 bits per heavy atom. The van der Waals surface area contributed by atoms with Gasteiger partial charge < -0.3 is 4.74 Å². The molecule has 0 radical (unpaired) electrons. The van der Waals surface area contributed by atoms with Gasteiger partial charge in [-0.1, -0.05) is 12.1 Å². The predicted octanol–water partition coefficient (Wildman–Crippen LogP) is 1.55. The Morgan fingerprint density at radius 1 is 1.40 bits per heavy atom. The molecule has 0 saturated heterocycles. The van der Waals surface area contributed by atoms with E-state index in [1.165, 1.54) is 10.5 Å². The van der Waals surface area contributed by atoms with Crippen molar-refractivity contribution in [1.82, 2.24) is 14.5 Å². The number of nitrogens with one attached hydrogen (secondary N) is 1. The van der Waals surface area contributed by atoms with Gasteiger partial charge in [-0.2, -0.15) is 9.40 Å². The van der Waals surface area contributed by atoms with E-state index < -0.39 is 10.0 Å². The van der Waals surface area contributed by atoms with Gasteiger partial charge in [0.15, 0.2) is 0 Å². The molecular weight excluding hydrogens is 278 g/mol. The second-order valence-electron chi connectivity index (χ2n) is 4.47. The Balaban J connectivity index is 2.23. The number of rotatable bonds is 5. The highest BCUT2D eigenvalue weighted by atomic mass is 32.2. The number of ether oxygens (including phenoxy) is 1. The maximum absolute atomic E-state index is 12.4. The third kappa shape index (κ3) is 2.83. The van der Waals surface area contributed by atoms with Crippen LogP contribution in [0.2, 0.25) is 0 Å². The van der Waals surface area contributed by atoms with E-state index in [-0.39, 0.29) is 11.4 Å². The number of sulfonamides is 1. The van der Waals surface area contributed by atoms with E-state index in [2.05, 4.69) is 10.2 Å². The van der Waals surface area contributed by atoms with Gasteiger partial charge >= 0.3 is 0 Å². The van der Waals surface area contributed by atoms with Crippen molar-refractivity contribution >= 4 is 10.0 Å².